The van der Waals surface area contributed by atoms with Gasteiger partial charge in [0.05, 0.1) is 12.6 Å². The number of aliphatic hydroxyl groups is 1. The molecule has 88 valence electrons. The Morgan fingerprint density at radius 2 is 2.06 bits per heavy atom. The quantitative estimate of drug-likeness (QED) is 0.651. The fraction of sp³-hybridized carbons (Fsp3) is 0.385. The van der Waals surface area contributed by atoms with Crippen molar-refractivity contribution in [2.75, 3.05) is 13.2 Å². The van der Waals surface area contributed by atoms with Gasteiger partial charge in [-0.3, -0.25) is 0 Å². The summed E-state index contributed by atoms with van der Waals surface area (Å²) in [5.41, 5.74) is 1.11. The number of benzene rings is 1. The molecule has 3 N–H and O–H groups in total. The van der Waals surface area contributed by atoms with Crippen LogP contribution in [0.25, 0.3) is 0 Å². The van der Waals surface area contributed by atoms with Gasteiger partial charge in [-0.25, -0.2) is 0 Å². The molecule has 2 atom stereocenters. The second kappa shape index (κ2) is 7.04. The first kappa shape index (κ1) is 12.7. The van der Waals surface area contributed by atoms with Crippen molar-refractivity contribution in [3.05, 3.63) is 48.7 Å². The van der Waals surface area contributed by atoms with Crippen molar-refractivity contribution in [2.45, 2.75) is 19.0 Å². The minimum atomic E-state index is -0.0113. The first-order valence-electron chi connectivity index (χ1n) is 5.54. The monoisotopic (exact) mass is 220 g/mol. The van der Waals surface area contributed by atoms with Crippen molar-refractivity contribution < 1.29 is 5.11 Å². The smallest absolute Gasteiger partial charge is 0.0626 e. The molecule has 0 radical (unpaired) electrons. The minimum absolute atomic E-state index is 0.0113. The van der Waals surface area contributed by atoms with Gasteiger partial charge in [0, 0.05) is 12.6 Å². The molecule has 3 heteroatoms. The zero-order chi connectivity index (χ0) is 11.8. The third kappa shape index (κ3) is 4.04. The lowest BCUT2D eigenvalue weighted by molar-refractivity contribution is 0.235. The highest BCUT2D eigenvalue weighted by atomic mass is 16.3. The van der Waals surface area contributed by atoms with Crippen LogP contribution in [0.5, 0.6) is 0 Å². The van der Waals surface area contributed by atoms with Gasteiger partial charge in [-0.05, 0) is 18.7 Å². The van der Waals surface area contributed by atoms with E-state index < -0.39 is 0 Å². The van der Waals surface area contributed by atoms with Crippen LogP contribution in [0.3, 0.4) is 0 Å². The molecule has 0 amide bonds. The Bertz CT molecular complexity index is 300. The predicted octanol–water partition coefficient (Wildman–Crippen LogP) is 1.43. The van der Waals surface area contributed by atoms with Crippen LogP contribution in [0, 0.1) is 0 Å². The maximum atomic E-state index is 9.35. The lowest BCUT2D eigenvalue weighted by atomic mass is 10.1. The average molecular weight is 220 g/mol. The summed E-state index contributed by atoms with van der Waals surface area (Å²) in [5, 5.41) is 15.8. The Kier molecular flexibility index (Phi) is 5.61. The van der Waals surface area contributed by atoms with Gasteiger partial charge < -0.3 is 15.7 Å². The molecule has 0 fully saturated rings. The molecular weight excluding hydrogens is 200 g/mol. The zero-order valence-electron chi connectivity index (χ0n) is 9.69. The largest absolute Gasteiger partial charge is 0.394 e. The highest BCUT2D eigenvalue weighted by molar-refractivity contribution is 5.19. The molecule has 1 aromatic rings. The second-order valence-electron chi connectivity index (χ2n) is 3.83. The summed E-state index contributed by atoms with van der Waals surface area (Å²) >= 11 is 0. The number of aliphatic hydroxyl groups excluding tert-OH is 1. The third-order valence-corrected chi connectivity index (χ3v) is 2.44. The van der Waals surface area contributed by atoms with Crippen molar-refractivity contribution in [1.29, 1.82) is 0 Å². The summed E-state index contributed by atoms with van der Waals surface area (Å²) < 4.78 is 0. The molecule has 0 aliphatic rings. The van der Waals surface area contributed by atoms with Crippen LogP contribution < -0.4 is 10.6 Å². The van der Waals surface area contributed by atoms with Crippen molar-refractivity contribution in [1.82, 2.24) is 10.6 Å². The minimum Gasteiger partial charge on any atom is -0.394 e. The SMILES string of the molecule is C=CNCC(C)N[C@H](CO)c1ccccc1. The average Bonchev–Trinajstić information content (AvgIpc) is 2.34. The number of hydrogen-bond acceptors (Lipinski definition) is 3. The molecule has 0 aliphatic carbocycles. The molecule has 0 saturated carbocycles. The Morgan fingerprint density at radius 1 is 1.38 bits per heavy atom. The molecule has 0 aliphatic heterocycles. The van der Waals surface area contributed by atoms with Crippen LogP contribution in [-0.2, 0) is 0 Å². The molecule has 0 bridgehead atoms. The van der Waals surface area contributed by atoms with E-state index in [1.54, 1.807) is 6.20 Å². The van der Waals surface area contributed by atoms with Crippen molar-refractivity contribution in [3.8, 4) is 0 Å². The Hall–Kier alpha value is -1.32. The Balaban J connectivity index is 2.52. The van der Waals surface area contributed by atoms with Gasteiger partial charge >= 0.3 is 0 Å². The maximum absolute atomic E-state index is 9.35. The lowest BCUT2D eigenvalue weighted by Gasteiger charge is -2.22. The first-order chi connectivity index (χ1) is 7.77. The van der Waals surface area contributed by atoms with Gasteiger partial charge in [-0.2, -0.15) is 0 Å². The van der Waals surface area contributed by atoms with Crippen molar-refractivity contribution in [2.24, 2.45) is 0 Å². The van der Waals surface area contributed by atoms with Crippen LogP contribution in [0.4, 0.5) is 0 Å². The number of nitrogens with one attached hydrogen (secondary N) is 2. The van der Waals surface area contributed by atoms with E-state index in [9.17, 15) is 5.11 Å². The molecule has 1 unspecified atom stereocenters. The van der Waals surface area contributed by atoms with Crippen molar-refractivity contribution >= 4 is 0 Å². The van der Waals surface area contributed by atoms with Gasteiger partial charge in [0.2, 0.25) is 0 Å². The van der Waals surface area contributed by atoms with E-state index in [0.29, 0.717) is 0 Å². The van der Waals surface area contributed by atoms with Crippen LogP contribution in [0.1, 0.15) is 18.5 Å². The van der Waals surface area contributed by atoms with Crippen LogP contribution >= 0.6 is 0 Å². The maximum Gasteiger partial charge on any atom is 0.0626 e. The van der Waals surface area contributed by atoms with Crippen molar-refractivity contribution in [3.63, 3.8) is 0 Å². The molecule has 0 aromatic heterocycles. The van der Waals surface area contributed by atoms with E-state index in [2.05, 4.69) is 24.1 Å². The summed E-state index contributed by atoms with van der Waals surface area (Å²) in [6, 6.07) is 10.2. The zero-order valence-corrected chi connectivity index (χ0v) is 9.69. The van der Waals surface area contributed by atoms with Gasteiger partial charge in [0.15, 0.2) is 0 Å². The molecule has 1 aromatic carbocycles. The van der Waals surface area contributed by atoms with Gasteiger partial charge in [-0.1, -0.05) is 36.9 Å². The lowest BCUT2D eigenvalue weighted by Crippen LogP contribution is -2.38. The third-order valence-electron chi connectivity index (χ3n) is 2.44. The molecular formula is C13H20N2O. The van der Waals surface area contributed by atoms with Gasteiger partial charge in [0.25, 0.3) is 0 Å². The fourth-order valence-corrected chi connectivity index (χ4v) is 1.60. The number of hydrogen-bond donors (Lipinski definition) is 3. The molecule has 0 saturated heterocycles. The number of rotatable bonds is 7. The highest BCUT2D eigenvalue weighted by Crippen LogP contribution is 2.12. The van der Waals surface area contributed by atoms with Crippen LogP contribution in [-0.4, -0.2) is 24.3 Å². The summed E-state index contributed by atoms with van der Waals surface area (Å²) in [5.74, 6) is 0. The molecule has 1 rings (SSSR count). The van der Waals surface area contributed by atoms with E-state index in [1.807, 2.05) is 30.3 Å². The second-order valence-corrected chi connectivity index (χ2v) is 3.83. The fourth-order valence-electron chi connectivity index (χ4n) is 1.60. The molecule has 0 heterocycles. The normalized spacial score (nSPS) is 14.1. The standard InChI is InChI=1S/C13H20N2O/c1-3-14-9-11(2)15-13(10-16)12-7-5-4-6-8-12/h3-8,11,13-16H,1,9-10H2,2H3/t11?,13-/m1/s1. The summed E-state index contributed by atoms with van der Waals surface area (Å²) in [6.45, 7) is 6.57. The summed E-state index contributed by atoms with van der Waals surface area (Å²) in [4.78, 5) is 0. The van der Waals surface area contributed by atoms with E-state index in [-0.39, 0.29) is 18.7 Å². The van der Waals surface area contributed by atoms with E-state index in [4.69, 9.17) is 0 Å². The van der Waals surface area contributed by atoms with Crippen LogP contribution in [0.15, 0.2) is 43.1 Å². The van der Waals surface area contributed by atoms with E-state index >= 15 is 0 Å². The first-order valence-corrected chi connectivity index (χ1v) is 5.54. The summed E-state index contributed by atoms with van der Waals surface area (Å²) in [6.07, 6.45) is 1.68. The Labute approximate surface area is 97.2 Å². The van der Waals surface area contributed by atoms with Gasteiger partial charge in [-0.15, -0.1) is 0 Å². The van der Waals surface area contributed by atoms with Crippen LogP contribution in [0.2, 0.25) is 0 Å². The van der Waals surface area contributed by atoms with Gasteiger partial charge in [0.1, 0.15) is 0 Å². The van der Waals surface area contributed by atoms with E-state index in [1.165, 1.54) is 0 Å². The highest BCUT2D eigenvalue weighted by Gasteiger charge is 2.12. The molecule has 16 heavy (non-hydrogen) atoms. The summed E-state index contributed by atoms with van der Waals surface area (Å²) in [7, 11) is 0. The topological polar surface area (TPSA) is 44.3 Å². The molecule has 3 nitrogen and oxygen atoms in total. The van der Waals surface area contributed by atoms with E-state index in [0.717, 1.165) is 12.1 Å². The Morgan fingerprint density at radius 3 is 2.62 bits per heavy atom. The predicted molar refractivity (Wildman–Crippen MR) is 67.1 cm³/mol. The molecule has 0 spiro atoms.